The van der Waals surface area contributed by atoms with Crippen LogP contribution in [0.1, 0.15) is 40.0 Å². The molecule has 0 bridgehead atoms. The number of carbonyl (C=O) groups excluding carboxylic acids is 1. The van der Waals surface area contributed by atoms with Gasteiger partial charge >= 0.3 is 0 Å². The van der Waals surface area contributed by atoms with Crippen molar-refractivity contribution in [2.24, 2.45) is 0 Å². The van der Waals surface area contributed by atoms with Gasteiger partial charge in [-0.3, -0.25) is 9.69 Å². The van der Waals surface area contributed by atoms with Crippen LogP contribution in [-0.4, -0.2) is 44.2 Å². The molecule has 1 fully saturated rings. The van der Waals surface area contributed by atoms with E-state index in [0.717, 1.165) is 49.7 Å². The van der Waals surface area contributed by atoms with Gasteiger partial charge in [-0.25, -0.2) is 0 Å². The number of amides is 1. The van der Waals surface area contributed by atoms with Crippen LogP contribution < -0.4 is 10.1 Å². The van der Waals surface area contributed by atoms with Crippen LogP contribution in [0.2, 0.25) is 0 Å². The zero-order valence-electron chi connectivity index (χ0n) is 16.3. The smallest absolute Gasteiger partial charge is 0.251 e. The highest BCUT2D eigenvalue weighted by molar-refractivity contribution is 5.94. The molecule has 2 aromatic carbocycles. The van der Waals surface area contributed by atoms with Crippen molar-refractivity contribution in [3.8, 4) is 5.75 Å². The molecule has 3 rings (SSSR count). The molecule has 1 heterocycles. The number of rotatable bonds is 6. The van der Waals surface area contributed by atoms with Crippen molar-refractivity contribution in [2.45, 2.75) is 26.4 Å². The predicted octanol–water partition coefficient (Wildman–Crippen LogP) is 3.33. The second-order valence-corrected chi connectivity index (χ2v) is 7.03. The van der Waals surface area contributed by atoms with Crippen LogP contribution in [0.15, 0.2) is 42.5 Å². The van der Waals surface area contributed by atoms with Crippen molar-refractivity contribution >= 4 is 5.91 Å². The van der Waals surface area contributed by atoms with E-state index in [4.69, 9.17) is 9.47 Å². The van der Waals surface area contributed by atoms with Crippen LogP contribution in [0.3, 0.4) is 0 Å². The Balaban J connectivity index is 1.63. The second kappa shape index (κ2) is 9.02. The summed E-state index contributed by atoms with van der Waals surface area (Å²) < 4.78 is 10.8. The van der Waals surface area contributed by atoms with E-state index >= 15 is 0 Å². The lowest BCUT2D eigenvalue weighted by Crippen LogP contribution is -2.35. The number of hydrogen-bond donors (Lipinski definition) is 1. The lowest BCUT2D eigenvalue weighted by atomic mass is 10.0. The number of nitrogens with one attached hydrogen (secondary N) is 1. The van der Waals surface area contributed by atoms with Crippen LogP contribution in [0, 0.1) is 6.92 Å². The zero-order valence-corrected chi connectivity index (χ0v) is 16.3. The number of morpholine rings is 1. The average molecular weight is 368 g/mol. The van der Waals surface area contributed by atoms with E-state index in [1.54, 1.807) is 7.11 Å². The summed E-state index contributed by atoms with van der Waals surface area (Å²) in [5, 5.41) is 3.07. The normalized spacial score (nSPS) is 16.0. The number of hydrogen-bond acceptors (Lipinski definition) is 4. The molecule has 144 valence electrons. The fourth-order valence-electron chi connectivity index (χ4n) is 3.33. The van der Waals surface area contributed by atoms with Crippen LogP contribution in [0.4, 0.5) is 0 Å². The molecule has 0 saturated carbocycles. The zero-order chi connectivity index (χ0) is 19.2. The van der Waals surface area contributed by atoms with Gasteiger partial charge in [0.1, 0.15) is 5.75 Å². The molecule has 1 aliphatic rings. The maximum atomic E-state index is 12.6. The van der Waals surface area contributed by atoms with Gasteiger partial charge in [-0.1, -0.05) is 29.8 Å². The molecule has 2 aromatic rings. The molecule has 0 spiro atoms. The van der Waals surface area contributed by atoms with E-state index in [0.29, 0.717) is 5.56 Å². The third-order valence-electron chi connectivity index (χ3n) is 4.93. The Kier molecular flexibility index (Phi) is 6.48. The standard InChI is InChI=1S/C22H28N2O3/c1-16-4-9-21(26-3)20(14-16)17(2)23-22(25)19-7-5-18(6-8-19)15-24-10-12-27-13-11-24/h4-9,14,17H,10-13,15H2,1-3H3,(H,23,25)/t17-/m0/s1. The van der Waals surface area contributed by atoms with Gasteiger partial charge in [0.2, 0.25) is 0 Å². The molecule has 1 amide bonds. The van der Waals surface area contributed by atoms with Gasteiger partial charge in [0.25, 0.3) is 5.91 Å². The van der Waals surface area contributed by atoms with Crippen LogP contribution in [0.5, 0.6) is 5.75 Å². The first-order valence-corrected chi connectivity index (χ1v) is 9.41. The maximum absolute atomic E-state index is 12.6. The molecule has 1 N–H and O–H groups in total. The van der Waals surface area contributed by atoms with Gasteiger partial charge in [-0.05, 0) is 37.6 Å². The minimum Gasteiger partial charge on any atom is -0.496 e. The first kappa shape index (κ1) is 19.4. The highest BCUT2D eigenvalue weighted by atomic mass is 16.5. The van der Waals surface area contributed by atoms with Gasteiger partial charge in [-0.2, -0.15) is 0 Å². The number of aryl methyl sites for hydroxylation is 1. The van der Waals surface area contributed by atoms with E-state index in [2.05, 4.69) is 16.3 Å². The molecule has 5 nitrogen and oxygen atoms in total. The van der Waals surface area contributed by atoms with Crippen LogP contribution >= 0.6 is 0 Å². The third kappa shape index (κ3) is 5.08. The molecular weight excluding hydrogens is 340 g/mol. The van der Waals surface area contributed by atoms with Gasteiger partial charge in [0, 0.05) is 30.8 Å². The fourth-order valence-corrected chi connectivity index (χ4v) is 3.33. The second-order valence-electron chi connectivity index (χ2n) is 7.03. The minimum absolute atomic E-state index is 0.0796. The first-order chi connectivity index (χ1) is 13.1. The summed E-state index contributed by atoms with van der Waals surface area (Å²) in [5.41, 5.74) is 4.00. The Hall–Kier alpha value is -2.37. The molecule has 1 aliphatic heterocycles. The number of carbonyl (C=O) groups is 1. The highest BCUT2D eigenvalue weighted by Crippen LogP contribution is 2.26. The van der Waals surface area contributed by atoms with Crippen LogP contribution in [-0.2, 0) is 11.3 Å². The molecule has 27 heavy (non-hydrogen) atoms. The summed E-state index contributed by atoms with van der Waals surface area (Å²) >= 11 is 0. The summed E-state index contributed by atoms with van der Waals surface area (Å²) in [4.78, 5) is 15.0. The van der Waals surface area contributed by atoms with Crippen molar-refractivity contribution < 1.29 is 14.3 Å². The molecular formula is C22H28N2O3. The SMILES string of the molecule is COc1ccc(C)cc1[C@H](C)NC(=O)c1ccc(CN2CCOCC2)cc1. The van der Waals surface area contributed by atoms with Crippen LogP contribution in [0.25, 0.3) is 0 Å². The van der Waals surface area contributed by atoms with Crippen molar-refractivity contribution in [3.05, 3.63) is 64.7 Å². The maximum Gasteiger partial charge on any atom is 0.251 e. The van der Waals surface area contributed by atoms with Gasteiger partial charge in [-0.15, -0.1) is 0 Å². The molecule has 5 heteroatoms. The topological polar surface area (TPSA) is 50.8 Å². The monoisotopic (exact) mass is 368 g/mol. The summed E-state index contributed by atoms with van der Waals surface area (Å²) in [7, 11) is 1.65. The summed E-state index contributed by atoms with van der Waals surface area (Å²) in [6.07, 6.45) is 0. The van der Waals surface area contributed by atoms with Crippen molar-refractivity contribution in [2.75, 3.05) is 33.4 Å². The predicted molar refractivity (Wildman–Crippen MR) is 106 cm³/mol. The summed E-state index contributed by atoms with van der Waals surface area (Å²) in [6.45, 7) is 8.40. The van der Waals surface area contributed by atoms with Crippen molar-refractivity contribution in [3.63, 3.8) is 0 Å². The van der Waals surface area contributed by atoms with Gasteiger partial charge in [0.05, 0.1) is 26.4 Å². The van der Waals surface area contributed by atoms with Gasteiger partial charge in [0.15, 0.2) is 0 Å². The largest absolute Gasteiger partial charge is 0.496 e. The summed E-state index contributed by atoms with van der Waals surface area (Å²) in [5.74, 6) is 0.707. The number of ether oxygens (including phenoxy) is 2. The van der Waals surface area contributed by atoms with Crippen molar-refractivity contribution in [1.29, 1.82) is 0 Å². The first-order valence-electron chi connectivity index (χ1n) is 9.41. The molecule has 1 saturated heterocycles. The van der Waals surface area contributed by atoms with E-state index in [1.165, 1.54) is 5.56 Å². The fraction of sp³-hybridized carbons (Fsp3) is 0.409. The van der Waals surface area contributed by atoms with E-state index in [9.17, 15) is 4.79 Å². The molecule has 0 aliphatic carbocycles. The van der Waals surface area contributed by atoms with Gasteiger partial charge < -0.3 is 14.8 Å². The Bertz CT molecular complexity index is 768. The molecule has 0 radical (unpaired) electrons. The number of methoxy groups -OCH3 is 1. The average Bonchev–Trinajstić information content (AvgIpc) is 2.69. The minimum atomic E-state index is -0.139. The summed E-state index contributed by atoms with van der Waals surface area (Å²) in [6, 6.07) is 13.7. The highest BCUT2D eigenvalue weighted by Gasteiger charge is 2.16. The number of benzene rings is 2. The Morgan fingerprint density at radius 1 is 1.19 bits per heavy atom. The van der Waals surface area contributed by atoms with E-state index in [1.807, 2.05) is 50.2 Å². The Labute approximate surface area is 161 Å². The Morgan fingerprint density at radius 2 is 1.89 bits per heavy atom. The van der Waals surface area contributed by atoms with E-state index in [-0.39, 0.29) is 11.9 Å². The Morgan fingerprint density at radius 3 is 2.56 bits per heavy atom. The molecule has 1 atom stereocenters. The van der Waals surface area contributed by atoms with Crippen molar-refractivity contribution in [1.82, 2.24) is 10.2 Å². The molecule has 0 aromatic heterocycles. The lowest BCUT2D eigenvalue weighted by molar-refractivity contribution is 0.0342. The van der Waals surface area contributed by atoms with E-state index < -0.39 is 0 Å². The molecule has 0 unspecified atom stereocenters. The lowest BCUT2D eigenvalue weighted by Gasteiger charge is -2.26. The quantitative estimate of drug-likeness (QED) is 0.850. The third-order valence-corrected chi connectivity index (χ3v) is 4.93. The number of nitrogens with zero attached hydrogens (tertiary/aromatic N) is 1.